The standard InChI is InChI=1S/C5H9IN2/c6-8-5(7)4-2-1-3-4/h4H,1-3H2,(H2,7,8). The summed E-state index contributed by atoms with van der Waals surface area (Å²) in [5.41, 5.74) is 0. The van der Waals surface area contributed by atoms with Crippen molar-refractivity contribution in [3.8, 4) is 0 Å². The first-order valence-corrected chi connectivity index (χ1v) is 3.87. The Morgan fingerprint density at radius 3 is 2.38 bits per heavy atom. The highest BCUT2D eigenvalue weighted by Gasteiger charge is 2.20. The lowest BCUT2D eigenvalue weighted by molar-refractivity contribution is 0.408. The lowest BCUT2D eigenvalue weighted by Gasteiger charge is -2.24. The molecular weight excluding hydrogens is 215 g/mol. The number of amidine groups is 1. The van der Waals surface area contributed by atoms with Gasteiger partial charge in [0, 0.05) is 5.92 Å². The summed E-state index contributed by atoms with van der Waals surface area (Å²) in [6.45, 7) is 0. The van der Waals surface area contributed by atoms with E-state index in [0.717, 1.165) is 0 Å². The van der Waals surface area contributed by atoms with Gasteiger partial charge in [0.15, 0.2) is 0 Å². The summed E-state index contributed by atoms with van der Waals surface area (Å²) in [6, 6.07) is 0. The quantitative estimate of drug-likeness (QED) is 0.302. The van der Waals surface area contributed by atoms with Crippen LogP contribution >= 0.6 is 22.9 Å². The predicted molar refractivity (Wildman–Crippen MR) is 42.2 cm³/mol. The van der Waals surface area contributed by atoms with Gasteiger partial charge in [0.2, 0.25) is 0 Å². The first kappa shape index (κ1) is 6.32. The van der Waals surface area contributed by atoms with Gasteiger partial charge < -0.3 is 3.53 Å². The van der Waals surface area contributed by atoms with Crippen LogP contribution in [0.1, 0.15) is 19.3 Å². The van der Waals surface area contributed by atoms with Gasteiger partial charge in [0.25, 0.3) is 0 Å². The van der Waals surface area contributed by atoms with Crippen LogP contribution in [0.5, 0.6) is 0 Å². The van der Waals surface area contributed by atoms with E-state index in [2.05, 4.69) is 3.53 Å². The van der Waals surface area contributed by atoms with Crippen molar-refractivity contribution in [2.24, 2.45) is 5.92 Å². The molecular formula is C5H9IN2. The zero-order valence-electron chi connectivity index (χ0n) is 4.58. The van der Waals surface area contributed by atoms with Gasteiger partial charge in [-0.25, -0.2) is 0 Å². The topological polar surface area (TPSA) is 35.9 Å². The molecule has 0 amide bonds. The minimum atomic E-state index is 0.562. The molecule has 2 nitrogen and oxygen atoms in total. The molecule has 0 atom stereocenters. The summed E-state index contributed by atoms with van der Waals surface area (Å²) in [5, 5.41) is 7.28. The van der Waals surface area contributed by atoms with Crippen molar-refractivity contribution in [2.75, 3.05) is 0 Å². The third-order valence-electron chi connectivity index (χ3n) is 1.62. The van der Waals surface area contributed by atoms with Gasteiger partial charge in [-0.2, -0.15) is 0 Å². The molecule has 1 fully saturated rings. The number of rotatable bonds is 1. The Morgan fingerprint density at radius 1 is 1.62 bits per heavy atom. The summed E-state index contributed by atoms with van der Waals surface area (Å²) in [4.78, 5) is 0. The van der Waals surface area contributed by atoms with Gasteiger partial charge in [-0.15, -0.1) is 0 Å². The summed E-state index contributed by atoms with van der Waals surface area (Å²) >= 11 is 2.01. The van der Waals surface area contributed by atoms with E-state index in [0.29, 0.717) is 11.8 Å². The van der Waals surface area contributed by atoms with Crippen LogP contribution in [-0.2, 0) is 0 Å². The zero-order valence-corrected chi connectivity index (χ0v) is 6.73. The molecule has 0 aromatic carbocycles. The summed E-state index contributed by atoms with van der Waals surface area (Å²) in [5.74, 6) is 1.27. The van der Waals surface area contributed by atoms with E-state index >= 15 is 0 Å². The average molecular weight is 224 g/mol. The first-order chi connectivity index (χ1) is 3.84. The fourth-order valence-electron chi connectivity index (χ4n) is 0.774. The van der Waals surface area contributed by atoms with Crippen LogP contribution in [0.25, 0.3) is 0 Å². The second-order valence-corrected chi connectivity index (χ2v) is 2.68. The van der Waals surface area contributed by atoms with E-state index in [1.165, 1.54) is 19.3 Å². The van der Waals surface area contributed by atoms with Crippen LogP contribution in [0.3, 0.4) is 0 Å². The monoisotopic (exact) mass is 224 g/mol. The van der Waals surface area contributed by atoms with Crippen molar-refractivity contribution >= 4 is 28.7 Å². The minimum absolute atomic E-state index is 0.562. The van der Waals surface area contributed by atoms with Crippen LogP contribution in [-0.4, -0.2) is 5.84 Å². The number of halogens is 1. The maximum atomic E-state index is 7.28. The molecule has 0 bridgehead atoms. The Morgan fingerprint density at radius 2 is 2.25 bits per heavy atom. The normalized spacial score (nSPS) is 19.6. The van der Waals surface area contributed by atoms with Crippen LogP contribution in [0.2, 0.25) is 0 Å². The van der Waals surface area contributed by atoms with Crippen LogP contribution in [0, 0.1) is 11.3 Å². The largest absolute Gasteiger partial charge is 0.317 e. The third kappa shape index (κ3) is 1.13. The Kier molecular flexibility index (Phi) is 2.10. The third-order valence-corrected chi connectivity index (χ3v) is 2.20. The van der Waals surface area contributed by atoms with Gasteiger partial charge >= 0.3 is 0 Å². The van der Waals surface area contributed by atoms with Gasteiger partial charge in [-0.1, -0.05) is 6.42 Å². The van der Waals surface area contributed by atoms with Gasteiger partial charge in [-0.3, -0.25) is 5.41 Å². The summed E-state index contributed by atoms with van der Waals surface area (Å²) in [7, 11) is 0. The molecule has 1 saturated carbocycles. The van der Waals surface area contributed by atoms with E-state index < -0.39 is 0 Å². The number of hydrogen-bond acceptors (Lipinski definition) is 1. The molecule has 0 unspecified atom stereocenters. The molecule has 3 heteroatoms. The van der Waals surface area contributed by atoms with Crippen LogP contribution in [0.15, 0.2) is 0 Å². The van der Waals surface area contributed by atoms with Crippen molar-refractivity contribution in [1.29, 1.82) is 5.41 Å². The van der Waals surface area contributed by atoms with Crippen molar-refractivity contribution < 1.29 is 0 Å². The van der Waals surface area contributed by atoms with Gasteiger partial charge in [-0.05, 0) is 12.8 Å². The number of hydrogen-bond donors (Lipinski definition) is 2. The molecule has 8 heavy (non-hydrogen) atoms. The Bertz CT molecular complexity index is 98.6. The highest BCUT2D eigenvalue weighted by atomic mass is 127. The van der Waals surface area contributed by atoms with Crippen molar-refractivity contribution in [1.82, 2.24) is 3.53 Å². The summed E-state index contributed by atoms with van der Waals surface area (Å²) in [6.07, 6.45) is 3.75. The molecule has 0 aliphatic heterocycles. The molecule has 1 aliphatic carbocycles. The molecule has 46 valence electrons. The summed E-state index contributed by atoms with van der Waals surface area (Å²) < 4.78 is 2.82. The zero-order chi connectivity index (χ0) is 5.98. The average Bonchev–Trinajstić information content (AvgIpc) is 1.62. The van der Waals surface area contributed by atoms with Crippen LogP contribution in [0.4, 0.5) is 0 Å². The fourth-order valence-corrected chi connectivity index (χ4v) is 1.21. The molecule has 0 aromatic heterocycles. The molecule has 2 N–H and O–H groups in total. The SMILES string of the molecule is N=C(NI)C1CCC1. The van der Waals surface area contributed by atoms with E-state index in [1.807, 2.05) is 22.9 Å². The van der Waals surface area contributed by atoms with E-state index in [1.54, 1.807) is 0 Å². The first-order valence-electron chi connectivity index (χ1n) is 2.79. The Labute approximate surface area is 63.0 Å². The van der Waals surface area contributed by atoms with Crippen molar-refractivity contribution in [3.05, 3.63) is 0 Å². The van der Waals surface area contributed by atoms with Crippen molar-refractivity contribution in [3.63, 3.8) is 0 Å². The fraction of sp³-hybridized carbons (Fsp3) is 0.800. The lowest BCUT2D eigenvalue weighted by atomic mass is 9.85. The predicted octanol–water partition coefficient (Wildman–Crippen LogP) is 1.70. The minimum Gasteiger partial charge on any atom is -0.317 e. The maximum absolute atomic E-state index is 7.28. The lowest BCUT2D eigenvalue weighted by Crippen LogP contribution is -2.27. The van der Waals surface area contributed by atoms with Gasteiger partial charge in [0.05, 0.1) is 22.9 Å². The maximum Gasteiger partial charge on any atom is 0.105 e. The number of nitrogens with one attached hydrogen (secondary N) is 2. The molecule has 1 rings (SSSR count). The van der Waals surface area contributed by atoms with Crippen LogP contribution < -0.4 is 3.53 Å². The highest BCUT2D eigenvalue weighted by molar-refractivity contribution is 14.1. The van der Waals surface area contributed by atoms with Crippen molar-refractivity contribution in [2.45, 2.75) is 19.3 Å². The van der Waals surface area contributed by atoms with E-state index in [9.17, 15) is 0 Å². The van der Waals surface area contributed by atoms with E-state index in [4.69, 9.17) is 5.41 Å². The van der Waals surface area contributed by atoms with Gasteiger partial charge in [0.1, 0.15) is 5.84 Å². The Hall–Kier alpha value is 0.200. The second-order valence-electron chi connectivity index (χ2n) is 2.14. The molecule has 0 radical (unpaired) electrons. The highest BCUT2D eigenvalue weighted by Crippen LogP contribution is 2.26. The molecule has 0 saturated heterocycles. The van der Waals surface area contributed by atoms with E-state index in [-0.39, 0.29) is 0 Å². The molecule has 0 aromatic rings. The molecule has 0 spiro atoms. The Balaban J connectivity index is 2.24. The second kappa shape index (κ2) is 2.66. The smallest absolute Gasteiger partial charge is 0.105 e. The molecule has 1 aliphatic rings. The molecule has 0 heterocycles.